The van der Waals surface area contributed by atoms with Gasteiger partial charge in [0.15, 0.2) is 5.03 Å². The van der Waals surface area contributed by atoms with Gasteiger partial charge in [-0.3, -0.25) is 0 Å². The molecule has 8 heteroatoms. The van der Waals surface area contributed by atoms with Crippen molar-refractivity contribution in [2.45, 2.75) is 24.5 Å². The van der Waals surface area contributed by atoms with Gasteiger partial charge in [0.2, 0.25) is 0 Å². The lowest BCUT2D eigenvalue weighted by Gasteiger charge is -2.21. The molecule has 0 radical (unpaired) electrons. The molecule has 0 aliphatic carbocycles. The molecule has 0 saturated carbocycles. The van der Waals surface area contributed by atoms with Crippen LogP contribution in [-0.2, 0) is 14.8 Å². The molecular formula is C12H16N2O5S. The van der Waals surface area contributed by atoms with E-state index in [0.717, 1.165) is 6.20 Å². The van der Waals surface area contributed by atoms with Crippen LogP contribution in [-0.4, -0.2) is 54.6 Å². The largest absolute Gasteiger partial charge is 0.478 e. The number of rotatable bonds is 3. The normalized spacial score (nSPS) is 21.4. The van der Waals surface area contributed by atoms with E-state index in [1.165, 1.54) is 16.4 Å². The molecule has 2 rings (SSSR count). The van der Waals surface area contributed by atoms with Gasteiger partial charge in [-0.2, -0.15) is 4.31 Å². The molecule has 0 amide bonds. The summed E-state index contributed by atoms with van der Waals surface area (Å²) in [6.07, 6.45) is 1.49. The van der Waals surface area contributed by atoms with E-state index in [-0.39, 0.29) is 23.2 Å². The second-order valence-corrected chi connectivity index (χ2v) is 6.47. The van der Waals surface area contributed by atoms with E-state index < -0.39 is 16.0 Å². The van der Waals surface area contributed by atoms with Crippen molar-refractivity contribution in [2.24, 2.45) is 0 Å². The average molecular weight is 300 g/mol. The average Bonchev–Trinajstić information content (AvgIpc) is 2.64. The SMILES string of the molecule is CC1CN(S(=O)(=O)c2ccc(C(=O)O)cn2)CCCO1. The first-order valence-corrected chi connectivity index (χ1v) is 7.66. The quantitative estimate of drug-likeness (QED) is 0.877. The Bertz CT molecular complexity index is 584. The summed E-state index contributed by atoms with van der Waals surface area (Å²) < 4.78 is 31.6. The van der Waals surface area contributed by atoms with Gasteiger partial charge in [-0.15, -0.1) is 0 Å². The van der Waals surface area contributed by atoms with Crippen LogP contribution >= 0.6 is 0 Å². The van der Waals surface area contributed by atoms with E-state index in [2.05, 4.69) is 4.98 Å². The van der Waals surface area contributed by atoms with Gasteiger partial charge in [-0.05, 0) is 25.5 Å². The van der Waals surface area contributed by atoms with Crippen molar-refractivity contribution in [2.75, 3.05) is 19.7 Å². The summed E-state index contributed by atoms with van der Waals surface area (Å²) in [4.78, 5) is 14.5. The number of carboxylic acid groups (broad SMARTS) is 1. The third kappa shape index (κ3) is 3.14. The Morgan fingerprint density at radius 2 is 2.25 bits per heavy atom. The minimum absolute atomic E-state index is 0.0449. The lowest BCUT2D eigenvalue weighted by atomic mass is 10.3. The van der Waals surface area contributed by atoms with Crippen LogP contribution < -0.4 is 0 Å². The molecule has 110 valence electrons. The van der Waals surface area contributed by atoms with E-state index in [4.69, 9.17) is 9.84 Å². The van der Waals surface area contributed by atoms with Crippen molar-refractivity contribution in [1.82, 2.24) is 9.29 Å². The molecule has 1 atom stereocenters. The molecule has 1 aliphatic heterocycles. The van der Waals surface area contributed by atoms with Crippen molar-refractivity contribution in [1.29, 1.82) is 0 Å². The van der Waals surface area contributed by atoms with E-state index in [1.807, 2.05) is 6.92 Å². The lowest BCUT2D eigenvalue weighted by molar-refractivity contribution is 0.0696. The molecule has 1 saturated heterocycles. The molecule has 1 unspecified atom stereocenters. The number of carbonyl (C=O) groups is 1. The van der Waals surface area contributed by atoms with Crippen molar-refractivity contribution < 1.29 is 23.1 Å². The molecule has 0 spiro atoms. The smallest absolute Gasteiger partial charge is 0.337 e. The summed E-state index contributed by atoms with van der Waals surface area (Å²) in [6.45, 7) is 2.98. The van der Waals surface area contributed by atoms with E-state index in [0.29, 0.717) is 19.6 Å². The van der Waals surface area contributed by atoms with Crippen LogP contribution in [0.4, 0.5) is 0 Å². The summed E-state index contributed by atoms with van der Waals surface area (Å²) in [5.74, 6) is -1.14. The Balaban J connectivity index is 2.26. The molecular weight excluding hydrogens is 284 g/mol. The number of pyridine rings is 1. The number of ether oxygens (including phenoxy) is 1. The minimum Gasteiger partial charge on any atom is -0.478 e. The maximum absolute atomic E-state index is 12.4. The van der Waals surface area contributed by atoms with Gasteiger partial charge >= 0.3 is 5.97 Å². The van der Waals surface area contributed by atoms with Crippen molar-refractivity contribution in [3.63, 3.8) is 0 Å². The number of aromatic nitrogens is 1. The molecule has 20 heavy (non-hydrogen) atoms. The molecule has 1 N–H and O–H groups in total. The van der Waals surface area contributed by atoms with E-state index >= 15 is 0 Å². The van der Waals surface area contributed by atoms with Gasteiger partial charge in [0.1, 0.15) is 0 Å². The highest BCUT2D eigenvalue weighted by Crippen LogP contribution is 2.17. The second-order valence-electron chi connectivity index (χ2n) is 4.59. The molecule has 7 nitrogen and oxygen atoms in total. The molecule has 0 bridgehead atoms. The number of aromatic carboxylic acids is 1. The van der Waals surface area contributed by atoms with Crippen molar-refractivity contribution in [3.05, 3.63) is 23.9 Å². The molecule has 1 aliphatic rings. The molecule has 1 aromatic rings. The maximum atomic E-state index is 12.4. The van der Waals surface area contributed by atoms with Crippen LogP contribution in [0.2, 0.25) is 0 Å². The minimum atomic E-state index is -3.71. The number of hydrogen-bond donors (Lipinski definition) is 1. The highest BCUT2D eigenvalue weighted by molar-refractivity contribution is 7.89. The van der Waals surface area contributed by atoms with Crippen LogP contribution in [0.15, 0.2) is 23.4 Å². The van der Waals surface area contributed by atoms with Crippen molar-refractivity contribution in [3.8, 4) is 0 Å². The van der Waals surface area contributed by atoms with Crippen LogP contribution in [0.25, 0.3) is 0 Å². The Morgan fingerprint density at radius 3 is 2.85 bits per heavy atom. The zero-order chi connectivity index (χ0) is 14.8. The van der Waals surface area contributed by atoms with Gasteiger partial charge in [-0.1, -0.05) is 0 Å². The monoisotopic (exact) mass is 300 g/mol. The Labute approximate surface area is 117 Å². The Hall–Kier alpha value is -1.51. The van der Waals surface area contributed by atoms with Crippen LogP contribution in [0.5, 0.6) is 0 Å². The highest BCUT2D eigenvalue weighted by atomic mass is 32.2. The van der Waals surface area contributed by atoms with E-state index in [1.54, 1.807) is 0 Å². The fourth-order valence-electron chi connectivity index (χ4n) is 1.97. The van der Waals surface area contributed by atoms with Crippen LogP contribution in [0.3, 0.4) is 0 Å². The van der Waals surface area contributed by atoms with Gasteiger partial charge in [0.25, 0.3) is 10.0 Å². The predicted octanol–water partition coefficient (Wildman–Crippen LogP) is 0.579. The summed E-state index contributed by atoms with van der Waals surface area (Å²) in [5.41, 5.74) is -0.0449. The standard InChI is InChI=1S/C12H16N2O5S/c1-9-8-14(5-2-6-19-9)20(17,18)11-4-3-10(7-13-11)12(15)16/h3-4,7,9H,2,5-6,8H2,1H3,(H,15,16). The van der Waals surface area contributed by atoms with Crippen LogP contribution in [0, 0.1) is 0 Å². The van der Waals surface area contributed by atoms with E-state index in [9.17, 15) is 13.2 Å². The topological polar surface area (TPSA) is 96.8 Å². The first kappa shape index (κ1) is 14.9. The second kappa shape index (κ2) is 5.86. The fraction of sp³-hybridized carbons (Fsp3) is 0.500. The third-order valence-corrected chi connectivity index (χ3v) is 4.78. The third-order valence-electron chi connectivity index (χ3n) is 3.00. The maximum Gasteiger partial charge on any atom is 0.337 e. The van der Waals surface area contributed by atoms with Gasteiger partial charge < -0.3 is 9.84 Å². The van der Waals surface area contributed by atoms with Crippen molar-refractivity contribution >= 4 is 16.0 Å². The fourth-order valence-corrected chi connectivity index (χ4v) is 3.43. The number of hydrogen-bond acceptors (Lipinski definition) is 5. The summed E-state index contributed by atoms with van der Waals surface area (Å²) in [6, 6.07) is 2.45. The first-order chi connectivity index (χ1) is 9.41. The molecule has 2 heterocycles. The lowest BCUT2D eigenvalue weighted by Crippen LogP contribution is -2.36. The summed E-state index contributed by atoms with van der Waals surface area (Å²) in [7, 11) is -3.71. The van der Waals surface area contributed by atoms with Gasteiger partial charge in [0, 0.05) is 25.9 Å². The summed E-state index contributed by atoms with van der Waals surface area (Å²) in [5, 5.41) is 8.64. The molecule has 1 aromatic heterocycles. The number of sulfonamides is 1. The predicted molar refractivity (Wildman–Crippen MR) is 70.0 cm³/mol. The first-order valence-electron chi connectivity index (χ1n) is 6.22. The van der Waals surface area contributed by atoms with Gasteiger partial charge in [0.05, 0.1) is 11.7 Å². The van der Waals surface area contributed by atoms with Gasteiger partial charge in [-0.25, -0.2) is 18.2 Å². The Morgan fingerprint density at radius 1 is 1.50 bits per heavy atom. The number of nitrogens with zero attached hydrogens (tertiary/aromatic N) is 2. The molecule has 1 fully saturated rings. The molecule has 0 aromatic carbocycles. The summed E-state index contributed by atoms with van der Waals surface area (Å²) >= 11 is 0. The van der Waals surface area contributed by atoms with Crippen LogP contribution in [0.1, 0.15) is 23.7 Å². The highest BCUT2D eigenvalue weighted by Gasteiger charge is 2.28. The Kier molecular flexibility index (Phi) is 4.36. The number of carboxylic acids is 1. The zero-order valence-corrected chi connectivity index (χ0v) is 11.8. The zero-order valence-electron chi connectivity index (χ0n) is 11.0.